The second kappa shape index (κ2) is 11.6. The van der Waals surface area contributed by atoms with Crippen molar-refractivity contribution in [3.05, 3.63) is 0 Å². The van der Waals surface area contributed by atoms with E-state index in [4.69, 9.17) is 0 Å². The van der Waals surface area contributed by atoms with E-state index in [9.17, 15) is 61.1 Å². The average Bonchev–Trinajstić information content (AvgIpc) is 2.51. The Labute approximate surface area is 195 Å². The van der Waals surface area contributed by atoms with Crippen LogP contribution in [0.1, 0.15) is 25.7 Å². The van der Waals surface area contributed by atoms with Crippen LogP contribution in [-0.2, 0) is 10.0 Å². The number of rotatable bonds is 12. The fraction of sp³-hybridized carbons (Fsp3) is 1.00. The molecule has 0 spiro atoms. The van der Waals surface area contributed by atoms with Gasteiger partial charge in [0.1, 0.15) is 0 Å². The molecule has 0 aromatic rings. The second-order valence-corrected chi connectivity index (χ2v) is 10.6. The molecule has 1 N–H and O–H groups in total. The summed E-state index contributed by atoms with van der Waals surface area (Å²) in [6.45, 7) is 0.259. The molecule has 0 aliphatic rings. The zero-order chi connectivity index (χ0) is 26.7. The Morgan fingerprint density at radius 2 is 1.26 bits per heavy atom. The first-order valence-corrected chi connectivity index (χ1v) is 10.9. The van der Waals surface area contributed by atoms with Crippen LogP contribution in [0.15, 0.2) is 0 Å². The van der Waals surface area contributed by atoms with E-state index in [1.807, 2.05) is 4.72 Å². The van der Waals surface area contributed by atoms with Crippen LogP contribution in [0.4, 0.5) is 52.7 Å². The van der Waals surface area contributed by atoms with Crippen LogP contribution in [0.3, 0.4) is 0 Å². The van der Waals surface area contributed by atoms with Gasteiger partial charge >= 0.3 is 24.2 Å². The van der Waals surface area contributed by atoms with E-state index >= 15 is 0 Å². The number of nitrogens with zero attached hydrogens (tertiary/aromatic N) is 1. The van der Waals surface area contributed by atoms with E-state index in [0.717, 1.165) is 0 Å². The molecule has 0 rings (SSSR count). The van der Waals surface area contributed by atoms with Crippen LogP contribution in [-0.4, -0.2) is 83.0 Å². The Morgan fingerprint density at radius 1 is 0.824 bits per heavy atom. The molecule has 0 bridgehead atoms. The molecule has 0 saturated carbocycles. The van der Waals surface area contributed by atoms with Gasteiger partial charge in [-0.25, -0.2) is 26.3 Å². The van der Waals surface area contributed by atoms with Crippen LogP contribution in [0.25, 0.3) is 0 Å². The zero-order valence-electron chi connectivity index (χ0n) is 18.1. The van der Waals surface area contributed by atoms with E-state index in [0.29, 0.717) is 11.0 Å². The number of sulfonamides is 1. The number of halogens is 13. The Kier molecular flexibility index (Phi) is 12.1. The van der Waals surface area contributed by atoms with Gasteiger partial charge in [-0.15, -0.1) is 0 Å². The molecule has 0 radical (unpaired) electrons. The SMILES string of the molecule is C[N+](C)(C)CCCNS(=O)(=O)CCC(CC(F)(F)CC(F)(C(F)(F)F)C(F)(F)F)C(F)(F)F.[Cl-]. The summed E-state index contributed by atoms with van der Waals surface area (Å²) in [5.74, 6) is -10.1. The largest absolute Gasteiger partial charge is 1.00 e. The van der Waals surface area contributed by atoms with Gasteiger partial charge in [0.2, 0.25) is 10.0 Å². The topological polar surface area (TPSA) is 46.2 Å². The molecule has 0 heterocycles. The number of hydrogen-bond donors (Lipinski definition) is 1. The van der Waals surface area contributed by atoms with Gasteiger partial charge in [-0.05, 0) is 6.42 Å². The highest BCUT2D eigenvalue weighted by Gasteiger charge is 2.75. The van der Waals surface area contributed by atoms with Crippen LogP contribution in [0.2, 0.25) is 0 Å². The van der Waals surface area contributed by atoms with Gasteiger partial charge in [-0.3, -0.25) is 0 Å². The van der Waals surface area contributed by atoms with Gasteiger partial charge in [0.05, 0.1) is 45.8 Å². The fourth-order valence-corrected chi connectivity index (χ4v) is 3.88. The molecule has 1 atom stereocenters. The van der Waals surface area contributed by atoms with Gasteiger partial charge in [0.25, 0.3) is 5.92 Å². The lowest BCUT2D eigenvalue weighted by atomic mass is 9.89. The summed E-state index contributed by atoms with van der Waals surface area (Å²) in [5, 5.41) is 0. The molecular weight excluding hydrogens is 548 g/mol. The zero-order valence-corrected chi connectivity index (χ0v) is 19.7. The lowest BCUT2D eigenvalue weighted by Gasteiger charge is -2.34. The van der Waals surface area contributed by atoms with Gasteiger partial charge in [0, 0.05) is 19.4 Å². The van der Waals surface area contributed by atoms with E-state index < -0.39 is 71.1 Å². The summed E-state index contributed by atoms with van der Waals surface area (Å²) in [5.41, 5.74) is -6.46. The van der Waals surface area contributed by atoms with Crippen molar-refractivity contribution < 1.29 is 78.0 Å². The van der Waals surface area contributed by atoms with Crippen LogP contribution >= 0.6 is 0 Å². The highest BCUT2D eigenvalue weighted by Crippen LogP contribution is 2.53. The van der Waals surface area contributed by atoms with Gasteiger partial charge in [-0.2, -0.15) is 39.5 Å². The van der Waals surface area contributed by atoms with Crippen molar-refractivity contribution in [2.75, 3.05) is 40.0 Å². The summed E-state index contributed by atoms with van der Waals surface area (Å²) in [6.07, 6.45) is -27.0. The molecule has 0 aliphatic heterocycles. The molecule has 0 aromatic heterocycles. The molecule has 0 saturated heterocycles. The van der Waals surface area contributed by atoms with E-state index in [1.54, 1.807) is 21.1 Å². The molecule has 0 aliphatic carbocycles. The Bertz CT molecular complexity index is 716. The first kappa shape index (κ1) is 35.5. The first-order valence-electron chi connectivity index (χ1n) is 9.27. The normalized spacial score (nSPS) is 15.7. The molecule has 34 heavy (non-hydrogen) atoms. The smallest absolute Gasteiger partial charge is 0.431 e. The first-order chi connectivity index (χ1) is 14.2. The van der Waals surface area contributed by atoms with Crippen molar-refractivity contribution in [2.45, 2.75) is 55.8 Å². The maximum Gasteiger partial charge on any atom is 0.431 e. The minimum Gasteiger partial charge on any atom is -1.00 e. The van der Waals surface area contributed by atoms with Crippen LogP contribution in [0.5, 0.6) is 0 Å². The molecule has 0 aromatic carbocycles. The van der Waals surface area contributed by atoms with Crippen molar-refractivity contribution in [1.82, 2.24) is 4.72 Å². The van der Waals surface area contributed by atoms with Crippen molar-refractivity contribution in [3.63, 3.8) is 0 Å². The van der Waals surface area contributed by atoms with Crippen LogP contribution in [0, 0.1) is 5.92 Å². The molecule has 4 nitrogen and oxygen atoms in total. The average molecular weight is 573 g/mol. The monoisotopic (exact) mass is 572 g/mol. The fourth-order valence-electron chi connectivity index (χ4n) is 2.68. The van der Waals surface area contributed by atoms with Crippen molar-refractivity contribution >= 4 is 10.0 Å². The highest BCUT2D eigenvalue weighted by atomic mass is 35.5. The number of nitrogens with one attached hydrogen (secondary N) is 1. The van der Waals surface area contributed by atoms with Gasteiger partial charge in [-0.1, -0.05) is 0 Å². The lowest BCUT2D eigenvalue weighted by molar-refractivity contribution is -0.870. The third-order valence-electron chi connectivity index (χ3n) is 4.47. The molecular formula is C16H25ClF12N2O2S. The third kappa shape index (κ3) is 11.8. The van der Waals surface area contributed by atoms with E-state index in [1.165, 1.54) is 0 Å². The number of quaternary nitrogens is 1. The van der Waals surface area contributed by atoms with Gasteiger partial charge in [0.15, 0.2) is 0 Å². The van der Waals surface area contributed by atoms with Gasteiger partial charge < -0.3 is 16.9 Å². The molecule has 208 valence electrons. The molecule has 18 heteroatoms. The van der Waals surface area contributed by atoms with Crippen molar-refractivity contribution in [2.24, 2.45) is 5.92 Å². The van der Waals surface area contributed by atoms with Crippen molar-refractivity contribution in [1.29, 1.82) is 0 Å². The number of alkyl halides is 12. The number of hydrogen-bond acceptors (Lipinski definition) is 2. The highest BCUT2D eigenvalue weighted by molar-refractivity contribution is 7.89. The predicted octanol–water partition coefficient (Wildman–Crippen LogP) is 1.82. The third-order valence-corrected chi connectivity index (χ3v) is 5.89. The quantitative estimate of drug-likeness (QED) is 0.220. The molecule has 0 amide bonds. The summed E-state index contributed by atoms with van der Waals surface area (Å²) >= 11 is 0. The second-order valence-electron chi connectivity index (χ2n) is 8.64. The summed E-state index contributed by atoms with van der Waals surface area (Å²) in [4.78, 5) is 0. The molecule has 0 fully saturated rings. The standard InChI is InChI=1S/C16H25F12N2O2S.ClH/c1-30(2,3)7-4-6-29-33(31,32)8-5-11(14(20,21)22)9-12(17,18)10-13(19,15(23,24)25)16(26,27)28;/h11,29H,4-10H2,1-3H3;1H/q+1;/p-1. The summed E-state index contributed by atoms with van der Waals surface area (Å²) in [7, 11) is 0.883. The van der Waals surface area contributed by atoms with E-state index in [-0.39, 0.29) is 25.4 Å². The lowest BCUT2D eigenvalue weighted by Crippen LogP contribution is -3.00. The molecule has 1 unspecified atom stereocenters. The predicted molar refractivity (Wildman–Crippen MR) is 93.6 cm³/mol. The maximum absolute atomic E-state index is 13.8. The minimum atomic E-state index is -6.87. The summed E-state index contributed by atoms with van der Waals surface area (Å²) in [6, 6.07) is 0. The Balaban J connectivity index is 0. The Morgan fingerprint density at radius 3 is 1.62 bits per heavy atom. The Hall–Kier alpha value is -0.680. The van der Waals surface area contributed by atoms with Crippen molar-refractivity contribution in [3.8, 4) is 0 Å². The van der Waals surface area contributed by atoms with Crippen LogP contribution < -0.4 is 17.1 Å². The van der Waals surface area contributed by atoms with E-state index in [2.05, 4.69) is 0 Å². The minimum absolute atomic E-state index is 0. The summed E-state index contributed by atoms with van der Waals surface area (Å²) < 4.78 is 181. The maximum atomic E-state index is 13.8.